The molecule has 0 aliphatic carbocycles. The summed E-state index contributed by atoms with van der Waals surface area (Å²) < 4.78 is 11.2. The molecule has 2 aliphatic heterocycles. The van der Waals surface area contributed by atoms with Gasteiger partial charge in [-0.3, -0.25) is 9.80 Å². The Morgan fingerprint density at radius 1 is 1.17 bits per heavy atom. The van der Waals surface area contributed by atoms with E-state index in [0.29, 0.717) is 12.1 Å². The molecule has 23 heavy (non-hydrogen) atoms. The topological polar surface area (TPSA) is 41.7 Å². The van der Waals surface area contributed by atoms with E-state index in [0.717, 1.165) is 50.8 Å². The Bertz CT molecular complexity index is 643. The average Bonchev–Trinajstić information content (AvgIpc) is 3.15. The van der Waals surface area contributed by atoms with Gasteiger partial charge in [0.25, 0.3) is 0 Å². The van der Waals surface area contributed by atoms with E-state index in [2.05, 4.69) is 45.3 Å². The van der Waals surface area contributed by atoms with Crippen LogP contribution in [0.15, 0.2) is 40.9 Å². The highest BCUT2D eigenvalue weighted by atomic mass is 16.5. The first kappa shape index (κ1) is 14.9. The molecule has 4 rings (SSSR count). The van der Waals surface area contributed by atoms with Gasteiger partial charge in [0.1, 0.15) is 5.76 Å². The van der Waals surface area contributed by atoms with Crippen LogP contribution in [-0.2, 0) is 17.8 Å². The lowest BCUT2D eigenvalue weighted by atomic mass is 10.1. The maximum atomic E-state index is 6.02. The molecule has 0 amide bonds. The minimum atomic E-state index is 0.306. The summed E-state index contributed by atoms with van der Waals surface area (Å²) in [7, 11) is 0. The average molecular weight is 313 g/mol. The van der Waals surface area contributed by atoms with Crippen LogP contribution in [0.2, 0.25) is 0 Å². The van der Waals surface area contributed by atoms with Crippen LogP contribution >= 0.6 is 0 Å². The summed E-state index contributed by atoms with van der Waals surface area (Å²) >= 11 is 0. The zero-order chi connectivity index (χ0) is 15.6. The third kappa shape index (κ3) is 3.32. The fourth-order valence-corrected chi connectivity index (χ4v) is 3.70. The van der Waals surface area contributed by atoms with Crippen molar-refractivity contribution in [2.24, 2.45) is 0 Å². The van der Waals surface area contributed by atoms with Crippen molar-refractivity contribution in [2.75, 3.05) is 26.2 Å². The summed E-state index contributed by atoms with van der Waals surface area (Å²) in [4.78, 5) is 4.99. The van der Waals surface area contributed by atoms with Crippen molar-refractivity contribution in [3.05, 3.63) is 53.4 Å². The Labute approximate surface area is 136 Å². The fourth-order valence-electron chi connectivity index (χ4n) is 3.70. The highest BCUT2D eigenvalue weighted by molar-refractivity contribution is 5.15. The van der Waals surface area contributed by atoms with Gasteiger partial charge >= 0.3 is 0 Å². The molecule has 5 heteroatoms. The molecule has 122 valence electrons. The normalized spacial score (nSPS) is 25.6. The molecule has 2 aromatic rings. The second-order valence-electron chi connectivity index (χ2n) is 6.56. The van der Waals surface area contributed by atoms with E-state index < -0.39 is 0 Å². The number of aryl methyl sites for hydroxylation is 1. The van der Waals surface area contributed by atoms with Crippen molar-refractivity contribution < 1.29 is 9.26 Å². The van der Waals surface area contributed by atoms with Crippen molar-refractivity contribution >= 4 is 0 Å². The maximum absolute atomic E-state index is 6.02. The van der Waals surface area contributed by atoms with Gasteiger partial charge in [0.2, 0.25) is 0 Å². The molecule has 5 nitrogen and oxygen atoms in total. The van der Waals surface area contributed by atoms with Crippen molar-refractivity contribution in [1.82, 2.24) is 15.0 Å². The molecule has 2 aliphatic rings. The molecular formula is C18H23N3O2. The molecule has 0 radical (unpaired) electrons. The first-order chi connectivity index (χ1) is 11.3. The standard InChI is InChI=1S/C18H23N3O2/c1-14-9-16(19-23-14)11-20-12-17-18(13-20)22-8-7-21(17)10-15-5-3-2-4-6-15/h2-6,9,17-18H,7-8,10-13H2,1H3/t17-,18+/m0/s1. The Balaban J connectivity index is 1.42. The maximum Gasteiger partial charge on any atom is 0.133 e. The van der Waals surface area contributed by atoms with Crippen molar-refractivity contribution in [3.63, 3.8) is 0 Å². The molecule has 0 bridgehead atoms. The quantitative estimate of drug-likeness (QED) is 0.864. The number of morpholine rings is 1. The highest BCUT2D eigenvalue weighted by Gasteiger charge is 2.40. The number of ether oxygens (including phenoxy) is 1. The second kappa shape index (κ2) is 6.43. The summed E-state index contributed by atoms with van der Waals surface area (Å²) in [5, 5.41) is 4.11. The van der Waals surface area contributed by atoms with Crippen molar-refractivity contribution in [2.45, 2.75) is 32.2 Å². The van der Waals surface area contributed by atoms with Gasteiger partial charge in [0.15, 0.2) is 0 Å². The minimum absolute atomic E-state index is 0.306. The van der Waals surface area contributed by atoms with E-state index in [4.69, 9.17) is 9.26 Å². The zero-order valence-corrected chi connectivity index (χ0v) is 13.5. The van der Waals surface area contributed by atoms with Crippen molar-refractivity contribution in [3.8, 4) is 0 Å². The molecule has 0 spiro atoms. The Morgan fingerprint density at radius 2 is 2.04 bits per heavy atom. The molecule has 2 fully saturated rings. The SMILES string of the molecule is Cc1cc(CN2C[C@H]3OCCN(Cc4ccccc4)[C@H]3C2)no1. The molecule has 1 aromatic carbocycles. The lowest BCUT2D eigenvalue weighted by Gasteiger charge is -2.37. The lowest BCUT2D eigenvalue weighted by molar-refractivity contribution is -0.0504. The van der Waals surface area contributed by atoms with E-state index in [-0.39, 0.29) is 0 Å². The van der Waals surface area contributed by atoms with E-state index in [1.165, 1.54) is 5.56 Å². The number of hydrogen-bond donors (Lipinski definition) is 0. The van der Waals surface area contributed by atoms with Gasteiger partial charge in [-0.1, -0.05) is 35.5 Å². The van der Waals surface area contributed by atoms with E-state index in [1.807, 2.05) is 13.0 Å². The van der Waals surface area contributed by atoms with Crippen LogP contribution < -0.4 is 0 Å². The number of nitrogens with zero attached hydrogens (tertiary/aromatic N) is 3. The van der Waals surface area contributed by atoms with Gasteiger partial charge in [-0.05, 0) is 12.5 Å². The number of fused-ring (bicyclic) bond motifs is 1. The number of aromatic nitrogens is 1. The van der Waals surface area contributed by atoms with E-state index >= 15 is 0 Å². The van der Waals surface area contributed by atoms with Gasteiger partial charge in [-0.15, -0.1) is 0 Å². The molecule has 0 unspecified atom stereocenters. The molecule has 1 aromatic heterocycles. The Kier molecular flexibility index (Phi) is 4.16. The predicted molar refractivity (Wildman–Crippen MR) is 86.9 cm³/mol. The van der Waals surface area contributed by atoms with Crippen LogP contribution in [0.1, 0.15) is 17.0 Å². The number of rotatable bonds is 4. The molecule has 3 heterocycles. The van der Waals surface area contributed by atoms with Gasteiger partial charge in [-0.2, -0.15) is 0 Å². The lowest BCUT2D eigenvalue weighted by Crippen LogP contribution is -2.50. The highest BCUT2D eigenvalue weighted by Crippen LogP contribution is 2.25. The molecule has 0 saturated carbocycles. The molecule has 0 N–H and O–H groups in total. The number of hydrogen-bond acceptors (Lipinski definition) is 5. The molecule has 2 saturated heterocycles. The number of likely N-dealkylation sites (tertiary alicyclic amines) is 1. The predicted octanol–water partition coefficient (Wildman–Crippen LogP) is 2.07. The van der Waals surface area contributed by atoms with Gasteiger partial charge < -0.3 is 9.26 Å². The van der Waals surface area contributed by atoms with Crippen LogP contribution in [0, 0.1) is 6.92 Å². The Morgan fingerprint density at radius 3 is 2.83 bits per heavy atom. The van der Waals surface area contributed by atoms with Gasteiger partial charge in [-0.25, -0.2) is 0 Å². The summed E-state index contributed by atoms with van der Waals surface area (Å²) in [5.74, 6) is 0.874. The van der Waals surface area contributed by atoms with Gasteiger partial charge in [0.05, 0.1) is 24.4 Å². The third-order valence-corrected chi connectivity index (χ3v) is 4.78. The van der Waals surface area contributed by atoms with Gasteiger partial charge in [0, 0.05) is 38.8 Å². The smallest absolute Gasteiger partial charge is 0.133 e. The van der Waals surface area contributed by atoms with Crippen LogP contribution in [-0.4, -0.2) is 53.3 Å². The summed E-state index contributed by atoms with van der Waals surface area (Å²) in [6.45, 7) is 7.61. The first-order valence-electron chi connectivity index (χ1n) is 8.32. The monoisotopic (exact) mass is 313 g/mol. The summed E-state index contributed by atoms with van der Waals surface area (Å²) in [5.41, 5.74) is 2.38. The second-order valence-corrected chi connectivity index (χ2v) is 6.56. The summed E-state index contributed by atoms with van der Waals surface area (Å²) in [6, 6.07) is 13.2. The zero-order valence-electron chi connectivity index (χ0n) is 13.5. The van der Waals surface area contributed by atoms with Crippen LogP contribution in [0.25, 0.3) is 0 Å². The van der Waals surface area contributed by atoms with E-state index in [1.54, 1.807) is 0 Å². The van der Waals surface area contributed by atoms with Crippen LogP contribution in [0.5, 0.6) is 0 Å². The third-order valence-electron chi connectivity index (χ3n) is 4.78. The minimum Gasteiger partial charge on any atom is -0.374 e. The Hall–Kier alpha value is -1.69. The molecule has 2 atom stereocenters. The van der Waals surface area contributed by atoms with Crippen LogP contribution in [0.3, 0.4) is 0 Å². The fraction of sp³-hybridized carbons (Fsp3) is 0.500. The van der Waals surface area contributed by atoms with Crippen LogP contribution in [0.4, 0.5) is 0 Å². The van der Waals surface area contributed by atoms with Crippen molar-refractivity contribution in [1.29, 1.82) is 0 Å². The van der Waals surface area contributed by atoms with E-state index in [9.17, 15) is 0 Å². The number of benzene rings is 1. The molecular weight excluding hydrogens is 290 g/mol. The largest absolute Gasteiger partial charge is 0.374 e. The summed E-state index contributed by atoms with van der Waals surface area (Å²) in [6.07, 6.45) is 0.306. The first-order valence-corrected chi connectivity index (χ1v) is 8.32.